The van der Waals surface area contributed by atoms with Gasteiger partial charge in [0.2, 0.25) is 0 Å². The van der Waals surface area contributed by atoms with Crippen molar-refractivity contribution in [2.24, 2.45) is 0 Å². The van der Waals surface area contributed by atoms with Crippen LogP contribution in [0.2, 0.25) is 0 Å². The summed E-state index contributed by atoms with van der Waals surface area (Å²) in [5.41, 5.74) is 3.68. The number of aryl methyl sites for hydroxylation is 3. The summed E-state index contributed by atoms with van der Waals surface area (Å²) < 4.78 is 1.78. The predicted octanol–water partition coefficient (Wildman–Crippen LogP) is 2.43. The van der Waals surface area contributed by atoms with Gasteiger partial charge in [0.05, 0.1) is 5.69 Å². The number of hydrogen-bond donors (Lipinski definition) is 2. The molecular formula is C19H22N6O. The fourth-order valence-electron chi connectivity index (χ4n) is 2.68. The number of rotatable bonds is 6. The monoisotopic (exact) mass is 350 g/mol. The number of benzene rings is 1. The van der Waals surface area contributed by atoms with E-state index in [9.17, 15) is 4.79 Å². The fourth-order valence-corrected chi connectivity index (χ4v) is 2.68. The summed E-state index contributed by atoms with van der Waals surface area (Å²) in [5.74, 6) is 1.31. The predicted molar refractivity (Wildman–Crippen MR) is 101 cm³/mol. The van der Waals surface area contributed by atoms with Gasteiger partial charge in [-0.15, -0.1) is 0 Å². The number of amides is 1. The largest absolute Gasteiger partial charge is 0.368 e. The average molecular weight is 350 g/mol. The van der Waals surface area contributed by atoms with Crippen LogP contribution < -0.4 is 10.6 Å². The minimum absolute atomic E-state index is 0.0819. The smallest absolute Gasteiger partial charge is 0.251 e. The number of nitrogens with one attached hydrogen (secondary N) is 2. The fraction of sp³-hybridized carbons (Fsp3) is 0.263. The summed E-state index contributed by atoms with van der Waals surface area (Å²) in [5, 5.41) is 10.5. The molecule has 0 saturated heterocycles. The Bertz CT molecular complexity index is 918. The van der Waals surface area contributed by atoms with E-state index in [1.807, 2.05) is 51.1 Å². The lowest BCUT2D eigenvalue weighted by atomic mass is 10.1. The van der Waals surface area contributed by atoms with Crippen LogP contribution in [-0.4, -0.2) is 38.7 Å². The Hall–Kier alpha value is -3.22. The summed E-state index contributed by atoms with van der Waals surface area (Å²) in [7, 11) is 0. The van der Waals surface area contributed by atoms with Gasteiger partial charge in [-0.25, -0.2) is 14.6 Å². The second kappa shape index (κ2) is 7.77. The van der Waals surface area contributed by atoms with Crippen molar-refractivity contribution in [2.75, 3.05) is 18.4 Å². The van der Waals surface area contributed by atoms with Crippen LogP contribution in [-0.2, 0) is 0 Å². The molecule has 0 saturated carbocycles. The highest BCUT2D eigenvalue weighted by Crippen LogP contribution is 2.12. The SMILES string of the molecule is Cc1cccc(C(=O)NCCNc2cc(-n3nc(C)cc3C)ncn2)c1. The first-order valence-electron chi connectivity index (χ1n) is 8.47. The molecule has 0 fully saturated rings. The number of nitrogens with zero attached hydrogens (tertiary/aromatic N) is 4. The minimum atomic E-state index is -0.0819. The Morgan fingerprint density at radius 1 is 1.08 bits per heavy atom. The zero-order valence-corrected chi connectivity index (χ0v) is 15.2. The number of carbonyl (C=O) groups is 1. The maximum Gasteiger partial charge on any atom is 0.251 e. The van der Waals surface area contributed by atoms with E-state index < -0.39 is 0 Å². The maximum atomic E-state index is 12.1. The molecule has 2 heterocycles. The molecule has 0 aliphatic carbocycles. The minimum Gasteiger partial charge on any atom is -0.368 e. The van der Waals surface area contributed by atoms with E-state index >= 15 is 0 Å². The molecule has 3 aromatic rings. The van der Waals surface area contributed by atoms with E-state index in [-0.39, 0.29) is 5.91 Å². The van der Waals surface area contributed by atoms with Gasteiger partial charge in [-0.3, -0.25) is 4.79 Å². The van der Waals surface area contributed by atoms with Crippen molar-refractivity contribution in [3.63, 3.8) is 0 Å². The summed E-state index contributed by atoms with van der Waals surface area (Å²) >= 11 is 0. The standard InChI is InChI=1S/C19H22N6O/c1-13-5-4-6-16(9-13)19(26)21-8-7-20-17-11-18(23-12-22-17)25-15(3)10-14(2)24-25/h4-6,9-12H,7-8H2,1-3H3,(H,21,26)(H,20,22,23). The number of hydrogen-bond acceptors (Lipinski definition) is 5. The van der Waals surface area contributed by atoms with Gasteiger partial charge in [-0.05, 0) is 39.0 Å². The summed E-state index contributed by atoms with van der Waals surface area (Å²) in [4.78, 5) is 20.6. The molecule has 0 aliphatic rings. The molecule has 2 aromatic heterocycles. The third kappa shape index (κ3) is 4.24. The molecule has 1 aromatic carbocycles. The lowest BCUT2D eigenvalue weighted by Gasteiger charge is -2.09. The molecule has 0 aliphatic heterocycles. The van der Waals surface area contributed by atoms with E-state index in [0.717, 1.165) is 17.0 Å². The van der Waals surface area contributed by atoms with Crippen LogP contribution in [0.3, 0.4) is 0 Å². The van der Waals surface area contributed by atoms with Crippen molar-refractivity contribution in [1.82, 2.24) is 25.1 Å². The molecule has 1 amide bonds. The Morgan fingerprint density at radius 2 is 1.92 bits per heavy atom. The van der Waals surface area contributed by atoms with Gasteiger partial charge >= 0.3 is 0 Å². The van der Waals surface area contributed by atoms with Crippen molar-refractivity contribution in [3.8, 4) is 5.82 Å². The van der Waals surface area contributed by atoms with Crippen LogP contribution in [0.25, 0.3) is 5.82 Å². The van der Waals surface area contributed by atoms with Gasteiger partial charge in [0.25, 0.3) is 5.91 Å². The third-order valence-corrected chi connectivity index (χ3v) is 3.88. The van der Waals surface area contributed by atoms with Crippen molar-refractivity contribution < 1.29 is 4.79 Å². The average Bonchev–Trinajstić information content (AvgIpc) is 2.97. The first kappa shape index (κ1) is 17.6. The van der Waals surface area contributed by atoms with Gasteiger partial charge < -0.3 is 10.6 Å². The lowest BCUT2D eigenvalue weighted by Crippen LogP contribution is -2.29. The highest BCUT2D eigenvalue weighted by molar-refractivity contribution is 5.94. The Kier molecular flexibility index (Phi) is 5.26. The van der Waals surface area contributed by atoms with Gasteiger partial charge in [0, 0.05) is 30.4 Å². The van der Waals surface area contributed by atoms with Crippen LogP contribution in [0.4, 0.5) is 5.82 Å². The van der Waals surface area contributed by atoms with Crippen LogP contribution in [0, 0.1) is 20.8 Å². The molecular weight excluding hydrogens is 328 g/mol. The molecule has 7 heteroatoms. The molecule has 134 valence electrons. The van der Waals surface area contributed by atoms with Gasteiger partial charge in [0.1, 0.15) is 12.1 Å². The van der Waals surface area contributed by atoms with Crippen molar-refractivity contribution >= 4 is 11.7 Å². The Labute approximate surface area is 152 Å². The van der Waals surface area contributed by atoms with Crippen molar-refractivity contribution in [3.05, 3.63) is 65.2 Å². The van der Waals surface area contributed by atoms with Crippen molar-refractivity contribution in [2.45, 2.75) is 20.8 Å². The summed E-state index contributed by atoms with van der Waals surface area (Å²) in [6.45, 7) is 6.95. The first-order valence-corrected chi connectivity index (χ1v) is 8.47. The highest BCUT2D eigenvalue weighted by Gasteiger charge is 2.07. The summed E-state index contributed by atoms with van der Waals surface area (Å²) in [6, 6.07) is 11.4. The van der Waals surface area contributed by atoms with Gasteiger partial charge in [-0.2, -0.15) is 5.10 Å². The topological polar surface area (TPSA) is 84.7 Å². The molecule has 3 rings (SSSR count). The molecule has 0 radical (unpaired) electrons. The maximum absolute atomic E-state index is 12.1. The second-order valence-electron chi connectivity index (χ2n) is 6.15. The van der Waals surface area contributed by atoms with E-state index in [0.29, 0.717) is 30.3 Å². The zero-order chi connectivity index (χ0) is 18.5. The van der Waals surface area contributed by atoms with E-state index in [1.54, 1.807) is 10.7 Å². The normalized spacial score (nSPS) is 10.6. The van der Waals surface area contributed by atoms with E-state index in [2.05, 4.69) is 25.7 Å². The molecule has 0 atom stereocenters. The van der Waals surface area contributed by atoms with Crippen LogP contribution >= 0.6 is 0 Å². The Balaban J connectivity index is 1.55. The Morgan fingerprint density at radius 3 is 2.65 bits per heavy atom. The third-order valence-electron chi connectivity index (χ3n) is 3.88. The number of aromatic nitrogens is 4. The second-order valence-corrected chi connectivity index (χ2v) is 6.15. The van der Waals surface area contributed by atoms with E-state index in [4.69, 9.17) is 0 Å². The lowest BCUT2D eigenvalue weighted by molar-refractivity contribution is 0.0955. The first-order chi connectivity index (χ1) is 12.5. The highest BCUT2D eigenvalue weighted by atomic mass is 16.1. The van der Waals surface area contributed by atoms with Gasteiger partial charge in [0.15, 0.2) is 5.82 Å². The van der Waals surface area contributed by atoms with Crippen LogP contribution in [0.15, 0.2) is 42.7 Å². The van der Waals surface area contributed by atoms with E-state index in [1.165, 1.54) is 6.33 Å². The summed E-state index contributed by atoms with van der Waals surface area (Å²) in [6.07, 6.45) is 1.50. The van der Waals surface area contributed by atoms with Crippen molar-refractivity contribution in [1.29, 1.82) is 0 Å². The number of anilines is 1. The van der Waals surface area contributed by atoms with Crippen LogP contribution in [0.1, 0.15) is 27.3 Å². The molecule has 0 bridgehead atoms. The quantitative estimate of drug-likeness (QED) is 0.667. The molecule has 2 N–H and O–H groups in total. The molecule has 0 unspecified atom stereocenters. The van der Waals surface area contributed by atoms with Crippen LogP contribution in [0.5, 0.6) is 0 Å². The zero-order valence-electron chi connectivity index (χ0n) is 15.2. The number of carbonyl (C=O) groups excluding carboxylic acids is 1. The van der Waals surface area contributed by atoms with Gasteiger partial charge in [-0.1, -0.05) is 17.7 Å². The molecule has 26 heavy (non-hydrogen) atoms. The molecule has 7 nitrogen and oxygen atoms in total. The molecule has 0 spiro atoms.